The van der Waals surface area contributed by atoms with Crippen molar-refractivity contribution in [1.29, 1.82) is 0 Å². The van der Waals surface area contributed by atoms with Crippen LogP contribution in [0.4, 0.5) is 0 Å². The van der Waals surface area contributed by atoms with E-state index in [0.29, 0.717) is 19.1 Å². The normalized spacial score (nSPS) is 23.2. The van der Waals surface area contributed by atoms with E-state index in [1.54, 1.807) is 7.05 Å². The molecule has 1 unspecified atom stereocenters. The third kappa shape index (κ3) is 6.28. The molecule has 0 aliphatic carbocycles. The minimum atomic E-state index is -0.213. The highest BCUT2D eigenvalue weighted by Gasteiger charge is 2.23. The fourth-order valence-electron chi connectivity index (χ4n) is 3.13. The minimum absolute atomic E-state index is 0.213. The highest BCUT2D eigenvalue weighted by molar-refractivity contribution is 5.80. The Morgan fingerprint density at radius 1 is 1.29 bits per heavy atom. The second-order valence-electron chi connectivity index (χ2n) is 6.31. The SMILES string of the molecule is CN=C(NCCC(=O)OC)N1CCC(OCC2CCCCO2)CC1. The molecular formula is C17H31N3O4. The highest BCUT2D eigenvalue weighted by atomic mass is 16.5. The Balaban J connectivity index is 1.64. The van der Waals surface area contributed by atoms with Gasteiger partial charge in [0.25, 0.3) is 0 Å². The van der Waals surface area contributed by atoms with Crippen LogP contribution in [-0.4, -0.2) is 76.0 Å². The first-order chi connectivity index (χ1) is 11.7. The maximum atomic E-state index is 11.2. The zero-order valence-corrected chi connectivity index (χ0v) is 15.0. The van der Waals surface area contributed by atoms with E-state index in [1.807, 2.05) is 0 Å². The molecule has 2 heterocycles. The van der Waals surface area contributed by atoms with Crippen molar-refractivity contribution in [3.63, 3.8) is 0 Å². The van der Waals surface area contributed by atoms with Gasteiger partial charge in [-0.05, 0) is 32.1 Å². The van der Waals surface area contributed by atoms with Crippen molar-refractivity contribution in [2.45, 2.75) is 50.7 Å². The molecule has 0 aromatic heterocycles. The quantitative estimate of drug-likeness (QED) is 0.444. The largest absolute Gasteiger partial charge is 0.469 e. The lowest BCUT2D eigenvalue weighted by atomic mass is 10.1. The molecule has 0 bridgehead atoms. The predicted molar refractivity (Wildman–Crippen MR) is 92.1 cm³/mol. The van der Waals surface area contributed by atoms with E-state index in [0.717, 1.165) is 51.5 Å². The lowest BCUT2D eigenvalue weighted by Crippen LogP contribution is -2.47. The van der Waals surface area contributed by atoms with Crippen molar-refractivity contribution in [3.8, 4) is 0 Å². The Morgan fingerprint density at radius 3 is 2.71 bits per heavy atom. The van der Waals surface area contributed by atoms with E-state index >= 15 is 0 Å². The Hall–Kier alpha value is -1.34. The van der Waals surface area contributed by atoms with Gasteiger partial charge in [0.2, 0.25) is 0 Å². The number of nitrogens with one attached hydrogen (secondary N) is 1. The summed E-state index contributed by atoms with van der Waals surface area (Å²) in [7, 11) is 3.17. The van der Waals surface area contributed by atoms with E-state index in [9.17, 15) is 4.79 Å². The molecule has 1 atom stereocenters. The topological polar surface area (TPSA) is 72.4 Å². The third-order valence-electron chi connectivity index (χ3n) is 4.59. The fourth-order valence-corrected chi connectivity index (χ4v) is 3.13. The lowest BCUT2D eigenvalue weighted by Gasteiger charge is -2.35. The monoisotopic (exact) mass is 341 g/mol. The first kappa shape index (κ1) is 19.0. The van der Waals surface area contributed by atoms with Crippen molar-refractivity contribution < 1.29 is 19.0 Å². The lowest BCUT2D eigenvalue weighted by molar-refractivity contribution is -0.140. The van der Waals surface area contributed by atoms with Crippen LogP contribution in [0.1, 0.15) is 38.5 Å². The summed E-state index contributed by atoms with van der Waals surface area (Å²) in [6.45, 7) is 3.95. The second-order valence-corrected chi connectivity index (χ2v) is 6.31. The molecule has 0 aromatic rings. The molecule has 0 radical (unpaired) electrons. The van der Waals surface area contributed by atoms with Crippen LogP contribution in [0.25, 0.3) is 0 Å². The highest BCUT2D eigenvalue weighted by Crippen LogP contribution is 2.17. The molecule has 0 spiro atoms. The Bertz CT molecular complexity index is 403. The number of esters is 1. The van der Waals surface area contributed by atoms with Crippen molar-refractivity contribution in [3.05, 3.63) is 0 Å². The summed E-state index contributed by atoms with van der Waals surface area (Å²) >= 11 is 0. The Kier molecular flexibility index (Phi) is 8.32. The van der Waals surface area contributed by atoms with Gasteiger partial charge in [-0.1, -0.05) is 0 Å². The van der Waals surface area contributed by atoms with Gasteiger partial charge in [0.15, 0.2) is 5.96 Å². The molecule has 2 aliphatic heterocycles. The van der Waals surface area contributed by atoms with Gasteiger partial charge in [-0.25, -0.2) is 0 Å². The van der Waals surface area contributed by atoms with Gasteiger partial charge in [0.05, 0.1) is 32.3 Å². The molecule has 0 amide bonds. The van der Waals surface area contributed by atoms with Crippen LogP contribution in [0.5, 0.6) is 0 Å². The summed E-state index contributed by atoms with van der Waals surface area (Å²) in [6, 6.07) is 0. The second kappa shape index (κ2) is 10.5. The number of rotatable bonds is 6. The van der Waals surface area contributed by atoms with Crippen molar-refractivity contribution in [1.82, 2.24) is 10.2 Å². The standard InChI is InChI=1S/C17H31N3O4/c1-18-17(19-9-6-16(21)22-2)20-10-7-14(8-11-20)24-13-15-5-3-4-12-23-15/h14-15H,3-13H2,1-2H3,(H,18,19). The van der Waals surface area contributed by atoms with Crippen LogP contribution in [-0.2, 0) is 19.0 Å². The molecule has 2 aliphatic rings. The molecule has 0 saturated carbocycles. The summed E-state index contributed by atoms with van der Waals surface area (Å²) in [5, 5.41) is 3.22. The molecule has 1 N–H and O–H groups in total. The smallest absolute Gasteiger partial charge is 0.307 e. The van der Waals surface area contributed by atoms with Crippen LogP contribution >= 0.6 is 0 Å². The number of nitrogens with zero attached hydrogens (tertiary/aromatic N) is 2. The van der Waals surface area contributed by atoms with Gasteiger partial charge >= 0.3 is 5.97 Å². The number of hydrogen-bond donors (Lipinski definition) is 1. The summed E-state index contributed by atoms with van der Waals surface area (Å²) in [5.74, 6) is 0.628. The number of ether oxygens (including phenoxy) is 3. The summed E-state index contributed by atoms with van der Waals surface area (Å²) < 4.78 is 16.4. The summed E-state index contributed by atoms with van der Waals surface area (Å²) in [5.41, 5.74) is 0. The predicted octanol–water partition coefficient (Wildman–Crippen LogP) is 1.18. The van der Waals surface area contributed by atoms with E-state index in [4.69, 9.17) is 9.47 Å². The van der Waals surface area contributed by atoms with Crippen molar-refractivity contribution in [2.24, 2.45) is 4.99 Å². The van der Waals surface area contributed by atoms with Gasteiger partial charge in [-0.15, -0.1) is 0 Å². The fraction of sp³-hybridized carbons (Fsp3) is 0.882. The zero-order valence-electron chi connectivity index (χ0n) is 15.0. The summed E-state index contributed by atoms with van der Waals surface area (Å²) in [6.07, 6.45) is 6.46. The first-order valence-electron chi connectivity index (χ1n) is 8.98. The van der Waals surface area contributed by atoms with Gasteiger partial charge in [0, 0.05) is 33.3 Å². The summed E-state index contributed by atoms with van der Waals surface area (Å²) in [4.78, 5) is 17.7. The van der Waals surface area contributed by atoms with Crippen LogP contribution in [0, 0.1) is 0 Å². The third-order valence-corrected chi connectivity index (χ3v) is 4.59. The maximum Gasteiger partial charge on any atom is 0.307 e. The van der Waals surface area contributed by atoms with Crippen molar-refractivity contribution in [2.75, 3.05) is 47.0 Å². The van der Waals surface area contributed by atoms with E-state index in [2.05, 4.69) is 19.9 Å². The number of likely N-dealkylation sites (tertiary alicyclic amines) is 1. The molecule has 7 heteroatoms. The Labute approximate surface area is 144 Å². The van der Waals surface area contributed by atoms with Gasteiger partial charge in [-0.2, -0.15) is 0 Å². The zero-order chi connectivity index (χ0) is 17.2. The first-order valence-corrected chi connectivity index (χ1v) is 8.98. The molecule has 7 nitrogen and oxygen atoms in total. The number of carbonyl (C=O) groups is 1. The van der Waals surface area contributed by atoms with E-state index in [-0.39, 0.29) is 12.1 Å². The van der Waals surface area contributed by atoms with Crippen LogP contribution < -0.4 is 5.32 Å². The molecular weight excluding hydrogens is 310 g/mol. The van der Waals surface area contributed by atoms with Crippen molar-refractivity contribution >= 4 is 11.9 Å². The molecule has 0 aromatic carbocycles. The van der Waals surface area contributed by atoms with Gasteiger partial charge < -0.3 is 24.4 Å². The van der Waals surface area contributed by atoms with E-state index in [1.165, 1.54) is 20.0 Å². The average Bonchev–Trinajstić information content (AvgIpc) is 2.65. The number of carbonyl (C=O) groups excluding carboxylic acids is 1. The molecule has 2 rings (SSSR count). The number of piperidine rings is 1. The molecule has 24 heavy (non-hydrogen) atoms. The number of hydrogen-bond acceptors (Lipinski definition) is 5. The number of methoxy groups -OCH3 is 1. The van der Waals surface area contributed by atoms with Crippen LogP contribution in [0.3, 0.4) is 0 Å². The minimum Gasteiger partial charge on any atom is -0.469 e. The van der Waals surface area contributed by atoms with Crippen LogP contribution in [0.2, 0.25) is 0 Å². The van der Waals surface area contributed by atoms with Gasteiger partial charge in [-0.3, -0.25) is 9.79 Å². The number of guanidine groups is 1. The maximum absolute atomic E-state index is 11.2. The van der Waals surface area contributed by atoms with Crippen LogP contribution in [0.15, 0.2) is 4.99 Å². The molecule has 138 valence electrons. The number of aliphatic imine (C=N–C) groups is 1. The van der Waals surface area contributed by atoms with Gasteiger partial charge in [0.1, 0.15) is 0 Å². The average molecular weight is 341 g/mol. The Morgan fingerprint density at radius 2 is 2.08 bits per heavy atom. The molecule has 2 saturated heterocycles. The van der Waals surface area contributed by atoms with E-state index < -0.39 is 0 Å². The molecule has 2 fully saturated rings.